The predicted molar refractivity (Wildman–Crippen MR) is 101 cm³/mol. The van der Waals surface area contributed by atoms with Gasteiger partial charge in [0, 0.05) is 23.1 Å². The maximum atomic E-state index is 12.7. The van der Waals surface area contributed by atoms with E-state index in [0.717, 1.165) is 11.1 Å². The molecule has 26 heavy (non-hydrogen) atoms. The van der Waals surface area contributed by atoms with Crippen LogP contribution >= 0.6 is 23.2 Å². The molecule has 0 bridgehead atoms. The molecule has 5 nitrogen and oxygen atoms in total. The molecular formula is C19H18Cl2N2O3. The molecule has 0 saturated carbocycles. The number of benzene rings is 2. The van der Waals surface area contributed by atoms with Gasteiger partial charge < -0.3 is 10.0 Å². The fourth-order valence-electron chi connectivity index (χ4n) is 3.18. The van der Waals surface area contributed by atoms with E-state index in [1.807, 2.05) is 24.3 Å². The lowest BCUT2D eigenvalue weighted by Gasteiger charge is -2.39. The van der Waals surface area contributed by atoms with E-state index >= 15 is 0 Å². The molecule has 1 amide bonds. The molecule has 2 aromatic carbocycles. The number of piperazine rings is 1. The second kappa shape index (κ2) is 8.08. The fraction of sp³-hybridized carbons (Fsp3) is 0.263. The number of amides is 1. The van der Waals surface area contributed by atoms with Crippen LogP contribution in [0, 0.1) is 0 Å². The van der Waals surface area contributed by atoms with Gasteiger partial charge in [0.2, 0.25) is 5.91 Å². The van der Waals surface area contributed by atoms with Gasteiger partial charge in [-0.3, -0.25) is 14.5 Å². The van der Waals surface area contributed by atoms with Crippen molar-refractivity contribution in [3.63, 3.8) is 0 Å². The van der Waals surface area contributed by atoms with Gasteiger partial charge in [-0.2, -0.15) is 0 Å². The van der Waals surface area contributed by atoms with Crippen LogP contribution in [0.2, 0.25) is 10.0 Å². The molecule has 1 fully saturated rings. The van der Waals surface area contributed by atoms with E-state index in [1.165, 1.54) is 0 Å². The van der Waals surface area contributed by atoms with Crippen LogP contribution in [0.4, 0.5) is 0 Å². The smallest absolute Gasteiger partial charge is 0.317 e. The summed E-state index contributed by atoms with van der Waals surface area (Å²) < 4.78 is 0. The average molecular weight is 393 g/mol. The highest BCUT2D eigenvalue weighted by molar-refractivity contribution is 6.30. The second-order valence-electron chi connectivity index (χ2n) is 6.20. The summed E-state index contributed by atoms with van der Waals surface area (Å²) in [6, 6.07) is 14.5. The van der Waals surface area contributed by atoms with Gasteiger partial charge in [0.25, 0.3) is 0 Å². The summed E-state index contributed by atoms with van der Waals surface area (Å²) in [6.45, 7) is 0.911. The summed E-state index contributed by atoms with van der Waals surface area (Å²) in [5.41, 5.74) is 1.88. The number of hydrogen-bond donors (Lipinski definition) is 1. The highest BCUT2D eigenvalue weighted by Crippen LogP contribution is 2.31. The maximum absolute atomic E-state index is 12.7. The topological polar surface area (TPSA) is 60.9 Å². The highest BCUT2D eigenvalue weighted by Gasteiger charge is 2.32. The van der Waals surface area contributed by atoms with Crippen molar-refractivity contribution in [3.8, 4) is 0 Å². The molecule has 0 aromatic heterocycles. The molecular weight excluding hydrogens is 375 g/mol. The van der Waals surface area contributed by atoms with Crippen molar-refractivity contribution < 1.29 is 14.7 Å². The number of nitrogens with zero attached hydrogens (tertiary/aromatic N) is 2. The first-order valence-corrected chi connectivity index (χ1v) is 8.94. The van der Waals surface area contributed by atoms with E-state index in [0.29, 0.717) is 23.1 Å². The fourth-order valence-corrected chi connectivity index (χ4v) is 3.43. The first-order chi connectivity index (χ1) is 12.4. The van der Waals surface area contributed by atoms with E-state index in [9.17, 15) is 9.59 Å². The SMILES string of the molecule is O=C(O)CN1CCN(C(c2ccc(Cl)cc2)c2ccc(Cl)cc2)C(=O)C1. The van der Waals surface area contributed by atoms with Crippen molar-refractivity contribution in [2.45, 2.75) is 6.04 Å². The standard InChI is InChI=1S/C19H18Cl2N2O3/c20-15-5-1-13(2-6-15)19(14-3-7-16(21)8-4-14)23-10-9-22(11-17(23)24)12-18(25)26/h1-8,19H,9-12H2,(H,25,26). The van der Waals surface area contributed by atoms with E-state index in [4.69, 9.17) is 28.3 Å². The molecule has 136 valence electrons. The molecule has 3 rings (SSSR count). The van der Waals surface area contributed by atoms with Crippen LogP contribution in [0.1, 0.15) is 17.2 Å². The lowest BCUT2D eigenvalue weighted by atomic mass is 9.96. The Morgan fingerprint density at radius 1 is 0.962 bits per heavy atom. The van der Waals surface area contributed by atoms with E-state index in [2.05, 4.69) is 0 Å². The zero-order valence-electron chi connectivity index (χ0n) is 13.9. The van der Waals surface area contributed by atoms with Crippen LogP contribution < -0.4 is 0 Å². The molecule has 0 unspecified atom stereocenters. The Balaban J connectivity index is 1.91. The Morgan fingerprint density at radius 3 is 1.88 bits per heavy atom. The lowest BCUT2D eigenvalue weighted by Crippen LogP contribution is -2.52. The third kappa shape index (κ3) is 4.36. The Bertz CT molecular complexity index is 748. The van der Waals surface area contributed by atoms with Gasteiger partial charge in [0.15, 0.2) is 0 Å². The number of carboxylic acid groups (broad SMARTS) is 1. The maximum Gasteiger partial charge on any atom is 0.317 e. The number of carbonyl (C=O) groups is 2. The largest absolute Gasteiger partial charge is 0.480 e. The molecule has 2 aromatic rings. The molecule has 1 aliphatic heterocycles. The van der Waals surface area contributed by atoms with Crippen LogP contribution in [0.3, 0.4) is 0 Å². The van der Waals surface area contributed by atoms with Crippen LogP contribution in [0.5, 0.6) is 0 Å². The van der Waals surface area contributed by atoms with Gasteiger partial charge in [0.05, 0.1) is 19.1 Å². The summed E-state index contributed by atoms with van der Waals surface area (Å²) in [6.07, 6.45) is 0. The van der Waals surface area contributed by atoms with E-state index < -0.39 is 5.97 Å². The van der Waals surface area contributed by atoms with Gasteiger partial charge in [-0.05, 0) is 35.4 Å². The number of carboxylic acids is 1. The molecule has 0 atom stereocenters. The third-order valence-electron chi connectivity index (χ3n) is 4.38. The van der Waals surface area contributed by atoms with Crippen molar-refractivity contribution in [2.24, 2.45) is 0 Å². The van der Waals surface area contributed by atoms with Crippen LogP contribution in [0.25, 0.3) is 0 Å². The van der Waals surface area contributed by atoms with Gasteiger partial charge in [0.1, 0.15) is 0 Å². The Kier molecular flexibility index (Phi) is 5.81. The van der Waals surface area contributed by atoms with Crippen molar-refractivity contribution in [3.05, 3.63) is 69.7 Å². The molecule has 1 saturated heterocycles. The average Bonchev–Trinajstić information content (AvgIpc) is 2.59. The zero-order chi connectivity index (χ0) is 18.7. The summed E-state index contributed by atoms with van der Waals surface area (Å²) in [4.78, 5) is 27.1. The van der Waals surface area contributed by atoms with Crippen LogP contribution in [-0.2, 0) is 9.59 Å². The third-order valence-corrected chi connectivity index (χ3v) is 4.88. The molecule has 0 radical (unpaired) electrons. The van der Waals surface area contributed by atoms with Crippen molar-refractivity contribution in [1.29, 1.82) is 0 Å². The second-order valence-corrected chi connectivity index (χ2v) is 7.07. The molecule has 0 aliphatic carbocycles. The summed E-state index contributed by atoms with van der Waals surface area (Å²) in [5.74, 6) is -1.04. The summed E-state index contributed by atoms with van der Waals surface area (Å²) >= 11 is 12.0. The van der Waals surface area contributed by atoms with E-state index in [-0.39, 0.29) is 25.0 Å². The first-order valence-electron chi connectivity index (χ1n) is 8.18. The Morgan fingerprint density at radius 2 is 1.46 bits per heavy atom. The summed E-state index contributed by atoms with van der Waals surface area (Å²) in [7, 11) is 0. The molecule has 1 aliphatic rings. The monoisotopic (exact) mass is 392 g/mol. The van der Waals surface area contributed by atoms with Gasteiger partial charge in [-0.25, -0.2) is 0 Å². The normalized spacial score (nSPS) is 15.5. The van der Waals surface area contributed by atoms with Crippen molar-refractivity contribution in [1.82, 2.24) is 9.80 Å². The first kappa shape index (κ1) is 18.7. The Hall–Kier alpha value is -2.08. The van der Waals surface area contributed by atoms with Gasteiger partial charge in [-0.1, -0.05) is 47.5 Å². The van der Waals surface area contributed by atoms with Crippen LogP contribution in [-0.4, -0.2) is 53.0 Å². The Labute approximate surface area is 161 Å². The van der Waals surface area contributed by atoms with Crippen molar-refractivity contribution >= 4 is 35.1 Å². The van der Waals surface area contributed by atoms with Crippen molar-refractivity contribution in [2.75, 3.05) is 26.2 Å². The van der Waals surface area contributed by atoms with Gasteiger partial charge >= 0.3 is 5.97 Å². The zero-order valence-corrected chi connectivity index (χ0v) is 15.5. The molecule has 1 N–H and O–H groups in total. The lowest BCUT2D eigenvalue weighted by molar-refractivity contribution is -0.143. The summed E-state index contributed by atoms with van der Waals surface area (Å²) in [5, 5.41) is 10.2. The quantitative estimate of drug-likeness (QED) is 0.847. The molecule has 7 heteroatoms. The number of rotatable bonds is 5. The number of halogens is 2. The minimum atomic E-state index is -0.932. The number of aliphatic carboxylic acids is 1. The minimum absolute atomic E-state index is 0.0873. The molecule has 0 spiro atoms. The molecule has 1 heterocycles. The minimum Gasteiger partial charge on any atom is -0.480 e. The van der Waals surface area contributed by atoms with E-state index in [1.54, 1.807) is 34.1 Å². The van der Waals surface area contributed by atoms with Crippen LogP contribution in [0.15, 0.2) is 48.5 Å². The van der Waals surface area contributed by atoms with Gasteiger partial charge in [-0.15, -0.1) is 0 Å². The highest BCUT2D eigenvalue weighted by atomic mass is 35.5. The number of hydrogen-bond acceptors (Lipinski definition) is 3. The predicted octanol–water partition coefficient (Wildman–Crippen LogP) is 3.31. The number of carbonyl (C=O) groups excluding carboxylic acids is 1.